The summed E-state index contributed by atoms with van der Waals surface area (Å²) in [5, 5.41) is 0. The van der Waals surface area contributed by atoms with Crippen molar-refractivity contribution in [2.45, 2.75) is 23.0 Å². The third kappa shape index (κ3) is 2.40. The number of rotatable bonds is 2. The quantitative estimate of drug-likeness (QED) is 0.717. The topological polar surface area (TPSA) is 0 Å². The summed E-state index contributed by atoms with van der Waals surface area (Å²) in [6, 6.07) is 13.0. The van der Waals surface area contributed by atoms with Crippen molar-refractivity contribution >= 4 is 23.1 Å². The second kappa shape index (κ2) is 4.20. The first-order valence-electron chi connectivity index (χ1n) is 4.55. The van der Waals surface area contributed by atoms with E-state index in [1.165, 1.54) is 19.5 Å². The van der Waals surface area contributed by atoms with Crippen LogP contribution in [0.15, 0.2) is 45.5 Å². The minimum atomic E-state index is 1.32. The standard InChI is InChI=1S/C12H12S2/c1-9-4-3-5-11(8-9)14-12-7-6-10(2)13-12/h3-8H,1-2H3. The molecule has 2 aromatic rings. The minimum Gasteiger partial charge on any atom is -0.134 e. The summed E-state index contributed by atoms with van der Waals surface area (Å²) in [5.74, 6) is 0. The molecule has 1 heterocycles. The zero-order valence-corrected chi connectivity index (χ0v) is 9.91. The maximum atomic E-state index is 2.22. The van der Waals surface area contributed by atoms with Gasteiger partial charge in [-0.3, -0.25) is 0 Å². The molecule has 0 saturated carbocycles. The van der Waals surface area contributed by atoms with Gasteiger partial charge < -0.3 is 0 Å². The summed E-state index contributed by atoms with van der Waals surface area (Å²) < 4.78 is 1.37. The normalized spacial score (nSPS) is 10.4. The van der Waals surface area contributed by atoms with E-state index in [-0.39, 0.29) is 0 Å². The SMILES string of the molecule is Cc1cccc(Sc2ccc(C)s2)c1. The van der Waals surface area contributed by atoms with E-state index in [0.717, 1.165) is 0 Å². The van der Waals surface area contributed by atoms with E-state index in [1.54, 1.807) is 0 Å². The molecule has 0 atom stereocenters. The van der Waals surface area contributed by atoms with Crippen molar-refractivity contribution in [1.82, 2.24) is 0 Å². The fourth-order valence-corrected chi connectivity index (χ4v) is 3.46. The molecule has 0 radical (unpaired) electrons. The first-order valence-corrected chi connectivity index (χ1v) is 6.18. The van der Waals surface area contributed by atoms with E-state index in [0.29, 0.717) is 0 Å². The number of hydrogen-bond acceptors (Lipinski definition) is 2. The summed E-state index contributed by atoms with van der Waals surface area (Å²) in [4.78, 5) is 2.70. The Bertz CT molecular complexity index is 429. The van der Waals surface area contributed by atoms with Gasteiger partial charge in [0, 0.05) is 9.77 Å². The summed E-state index contributed by atoms with van der Waals surface area (Å²) >= 11 is 3.69. The molecule has 0 bridgehead atoms. The molecule has 0 amide bonds. The van der Waals surface area contributed by atoms with Crippen molar-refractivity contribution in [3.63, 3.8) is 0 Å². The van der Waals surface area contributed by atoms with E-state index in [4.69, 9.17) is 0 Å². The Balaban J connectivity index is 2.18. The fraction of sp³-hybridized carbons (Fsp3) is 0.167. The highest BCUT2D eigenvalue weighted by Crippen LogP contribution is 2.33. The maximum absolute atomic E-state index is 2.22. The van der Waals surface area contributed by atoms with Crippen molar-refractivity contribution in [2.24, 2.45) is 0 Å². The summed E-state index contributed by atoms with van der Waals surface area (Å²) in [5.41, 5.74) is 1.32. The Morgan fingerprint density at radius 3 is 2.57 bits per heavy atom. The maximum Gasteiger partial charge on any atom is 0.0649 e. The van der Waals surface area contributed by atoms with Crippen LogP contribution in [0.2, 0.25) is 0 Å². The molecule has 0 nitrogen and oxygen atoms in total. The summed E-state index contributed by atoms with van der Waals surface area (Å²) in [6.45, 7) is 4.27. The largest absolute Gasteiger partial charge is 0.134 e. The minimum absolute atomic E-state index is 1.32. The number of hydrogen-bond donors (Lipinski definition) is 0. The van der Waals surface area contributed by atoms with Gasteiger partial charge >= 0.3 is 0 Å². The van der Waals surface area contributed by atoms with E-state index in [1.807, 2.05) is 23.1 Å². The molecular formula is C12H12S2. The van der Waals surface area contributed by atoms with Gasteiger partial charge in [0.15, 0.2) is 0 Å². The number of thiophene rings is 1. The molecule has 0 fully saturated rings. The Labute approximate surface area is 93.0 Å². The molecule has 1 aromatic heterocycles. The van der Waals surface area contributed by atoms with Gasteiger partial charge in [0.2, 0.25) is 0 Å². The van der Waals surface area contributed by atoms with E-state index < -0.39 is 0 Å². The Hall–Kier alpha value is -0.730. The van der Waals surface area contributed by atoms with Gasteiger partial charge in [-0.2, -0.15) is 0 Å². The molecule has 0 N–H and O–H groups in total. The van der Waals surface area contributed by atoms with Crippen molar-refractivity contribution in [1.29, 1.82) is 0 Å². The molecular weight excluding hydrogens is 208 g/mol. The lowest BCUT2D eigenvalue weighted by atomic mass is 10.2. The first kappa shape index (κ1) is 9.81. The predicted molar refractivity (Wildman–Crippen MR) is 64.4 cm³/mol. The molecule has 0 aliphatic rings. The van der Waals surface area contributed by atoms with Crippen LogP contribution in [0.5, 0.6) is 0 Å². The molecule has 0 spiro atoms. The molecule has 14 heavy (non-hydrogen) atoms. The average molecular weight is 220 g/mol. The van der Waals surface area contributed by atoms with Crippen molar-refractivity contribution in [3.05, 3.63) is 46.8 Å². The molecule has 0 unspecified atom stereocenters. The monoisotopic (exact) mass is 220 g/mol. The van der Waals surface area contributed by atoms with Crippen LogP contribution in [0.4, 0.5) is 0 Å². The van der Waals surface area contributed by atoms with Crippen molar-refractivity contribution in [3.8, 4) is 0 Å². The van der Waals surface area contributed by atoms with E-state index >= 15 is 0 Å². The highest BCUT2D eigenvalue weighted by molar-refractivity contribution is 8.01. The van der Waals surface area contributed by atoms with Crippen LogP contribution in [0, 0.1) is 13.8 Å². The lowest BCUT2D eigenvalue weighted by molar-refractivity contribution is 1.36. The van der Waals surface area contributed by atoms with Gasteiger partial charge in [-0.15, -0.1) is 11.3 Å². The summed E-state index contributed by atoms with van der Waals surface area (Å²) in [7, 11) is 0. The molecule has 0 saturated heterocycles. The van der Waals surface area contributed by atoms with Crippen LogP contribution in [-0.2, 0) is 0 Å². The molecule has 2 heteroatoms. The molecule has 0 aliphatic carbocycles. The Morgan fingerprint density at radius 2 is 1.93 bits per heavy atom. The molecule has 0 aliphatic heterocycles. The van der Waals surface area contributed by atoms with Gasteiger partial charge in [0.1, 0.15) is 0 Å². The number of aryl methyl sites for hydroxylation is 2. The zero-order chi connectivity index (χ0) is 9.97. The second-order valence-electron chi connectivity index (χ2n) is 3.28. The van der Waals surface area contributed by atoms with Crippen LogP contribution in [0.3, 0.4) is 0 Å². The third-order valence-corrected chi connectivity index (χ3v) is 4.05. The third-order valence-electron chi connectivity index (χ3n) is 1.92. The van der Waals surface area contributed by atoms with E-state index in [2.05, 4.69) is 50.2 Å². The summed E-state index contributed by atoms with van der Waals surface area (Å²) in [6.07, 6.45) is 0. The van der Waals surface area contributed by atoms with Crippen molar-refractivity contribution in [2.75, 3.05) is 0 Å². The second-order valence-corrected chi connectivity index (χ2v) is 5.95. The highest BCUT2D eigenvalue weighted by Gasteiger charge is 1.99. The van der Waals surface area contributed by atoms with E-state index in [9.17, 15) is 0 Å². The van der Waals surface area contributed by atoms with Crippen LogP contribution >= 0.6 is 23.1 Å². The lowest BCUT2D eigenvalue weighted by Crippen LogP contribution is -1.72. The average Bonchev–Trinajstić information content (AvgIpc) is 2.51. The van der Waals surface area contributed by atoms with Gasteiger partial charge in [-0.25, -0.2) is 0 Å². The van der Waals surface area contributed by atoms with Gasteiger partial charge in [-0.1, -0.05) is 29.5 Å². The lowest BCUT2D eigenvalue weighted by Gasteiger charge is -1.99. The predicted octanol–water partition coefficient (Wildman–Crippen LogP) is 4.52. The zero-order valence-electron chi connectivity index (χ0n) is 8.28. The molecule has 2 rings (SSSR count). The highest BCUT2D eigenvalue weighted by atomic mass is 32.2. The fourth-order valence-electron chi connectivity index (χ4n) is 1.26. The van der Waals surface area contributed by atoms with Gasteiger partial charge in [0.05, 0.1) is 4.21 Å². The van der Waals surface area contributed by atoms with Crippen LogP contribution < -0.4 is 0 Å². The number of benzene rings is 1. The van der Waals surface area contributed by atoms with Gasteiger partial charge in [-0.05, 0) is 38.1 Å². The van der Waals surface area contributed by atoms with Crippen LogP contribution in [0.1, 0.15) is 10.4 Å². The first-order chi connectivity index (χ1) is 6.74. The smallest absolute Gasteiger partial charge is 0.0649 e. The van der Waals surface area contributed by atoms with Crippen molar-refractivity contribution < 1.29 is 0 Å². The van der Waals surface area contributed by atoms with Crippen LogP contribution in [-0.4, -0.2) is 0 Å². The molecule has 72 valence electrons. The molecule has 1 aromatic carbocycles. The Kier molecular flexibility index (Phi) is 2.94. The van der Waals surface area contributed by atoms with Gasteiger partial charge in [0.25, 0.3) is 0 Å². The van der Waals surface area contributed by atoms with Crippen LogP contribution in [0.25, 0.3) is 0 Å². The Morgan fingerprint density at radius 1 is 1.07 bits per heavy atom.